The molecule has 4 rings (SSSR count). The summed E-state index contributed by atoms with van der Waals surface area (Å²) in [5.41, 5.74) is 2.80. The summed E-state index contributed by atoms with van der Waals surface area (Å²) >= 11 is 0. The van der Waals surface area contributed by atoms with E-state index in [1.807, 2.05) is 48.5 Å². The van der Waals surface area contributed by atoms with Crippen LogP contribution < -0.4 is 10.1 Å². The Morgan fingerprint density at radius 2 is 2.04 bits per heavy atom. The molecule has 0 aliphatic carbocycles. The lowest BCUT2D eigenvalue weighted by molar-refractivity contribution is -0.121. The molecule has 0 spiro atoms. The van der Waals surface area contributed by atoms with E-state index in [0.29, 0.717) is 13.2 Å². The smallest absolute Gasteiger partial charge is 0.241 e. The van der Waals surface area contributed by atoms with Gasteiger partial charge in [0.2, 0.25) is 5.91 Å². The number of amides is 1. The lowest BCUT2D eigenvalue weighted by atomic mass is 10.0. The van der Waals surface area contributed by atoms with E-state index in [1.165, 1.54) is 0 Å². The van der Waals surface area contributed by atoms with Crippen LogP contribution in [-0.4, -0.2) is 34.1 Å². The normalized spacial score (nSPS) is 16.1. The molecule has 1 amide bonds. The van der Waals surface area contributed by atoms with E-state index >= 15 is 0 Å². The monoisotopic (exact) mass is 308 g/mol. The predicted octanol–water partition coefficient (Wildman–Crippen LogP) is 1.72. The molecule has 0 saturated carbocycles. The summed E-state index contributed by atoms with van der Waals surface area (Å²) in [4.78, 5) is 12.2. The maximum Gasteiger partial charge on any atom is 0.241 e. The van der Waals surface area contributed by atoms with E-state index in [0.717, 1.165) is 22.3 Å². The summed E-state index contributed by atoms with van der Waals surface area (Å²) < 4.78 is 7.24. The Balaban J connectivity index is 1.40. The van der Waals surface area contributed by atoms with Gasteiger partial charge in [-0.15, -0.1) is 5.10 Å². The van der Waals surface area contributed by atoms with Crippen molar-refractivity contribution in [3.05, 3.63) is 54.1 Å². The lowest BCUT2D eigenvalue weighted by Gasteiger charge is -2.10. The quantitative estimate of drug-likeness (QED) is 0.797. The summed E-state index contributed by atoms with van der Waals surface area (Å²) in [6.07, 6.45) is 0. The van der Waals surface area contributed by atoms with Gasteiger partial charge in [-0.2, -0.15) is 0 Å². The Morgan fingerprint density at radius 1 is 1.22 bits per heavy atom. The van der Waals surface area contributed by atoms with Gasteiger partial charge in [-0.25, -0.2) is 4.68 Å². The third kappa shape index (κ3) is 2.63. The Morgan fingerprint density at radius 3 is 3.00 bits per heavy atom. The topological polar surface area (TPSA) is 69.0 Å². The maximum absolute atomic E-state index is 12.2. The Labute approximate surface area is 133 Å². The van der Waals surface area contributed by atoms with E-state index in [9.17, 15) is 4.79 Å². The minimum Gasteiger partial charge on any atom is -0.493 e. The fraction of sp³-hybridized carbons (Fsp3) is 0.235. The molecule has 23 heavy (non-hydrogen) atoms. The highest BCUT2D eigenvalue weighted by Crippen LogP contribution is 2.32. The highest BCUT2D eigenvalue weighted by molar-refractivity contribution is 5.79. The number of hydrogen-bond acceptors (Lipinski definition) is 4. The summed E-state index contributed by atoms with van der Waals surface area (Å²) in [7, 11) is 0. The van der Waals surface area contributed by atoms with Crippen LogP contribution in [0.3, 0.4) is 0 Å². The molecule has 0 fully saturated rings. The first-order chi connectivity index (χ1) is 11.3. The van der Waals surface area contributed by atoms with Crippen LogP contribution in [0.2, 0.25) is 0 Å². The van der Waals surface area contributed by atoms with Crippen LogP contribution in [0.5, 0.6) is 5.75 Å². The van der Waals surface area contributed by atoms with Crippen molar-refractivity contribution in [2.45, 2.75) is 12.5 Å². The zero-order valence-electron chi connectivity index (χ0n) is 12.5. The van der Waals surface area contributed by atoms with E-state index in [1.54, 1.807) is 4.68 Å². The highest BCUT2D eigenvalue weighted by atomic mass is 16.5. The van der Waals surface area contributed by atoms with Crippen molar-refractivity contribution in [3.8, 4) is 5.75 Å². The number of hydrogen-bond donors (Lipinski definition) is 1. The number of nitrogens with zero attached hydrogens (tertiary/aromatic N) is 3. The maximum atomic E-state index is 12.2. The summed E-state index contributed by atoms with van der Waals surface area (Å²) in [5.74, 6) is 1.03. The number of carbonyl (C=O) groups is 1. The molecule has 1 aliphatic rings. The molecule has 1 N–H and O–H groups in total. The van der Waals surface area contributed by atoms with Crippen molar-refractivity contribution < 1.29 is 9.53 Å². The molecule has 0 unspecified atom stereocenters. The van der Waals surface area contributed by atoms with Gasteiger partial charge in [0, 0.05) is 18.0 Å². The van der Waals surface area contributed by atoms with Gasteiger partial charge in [-0.05, 0) is 18.2 Å². The lowest BCUT2D eigenvalue weighted by Crippen LogP contribution is -2.32. The van der Waals surface area contributed by atoms with Crippen LogP contribution in [0.4, 0.5) is 0 Å². The summed E-state index contributed by atoms with van der Waals surface area (Å²) in [5, 5.41) is 11.0. The van der Waals surface area contributed by atoms with Gasteiger partial charge in [0.15, 0.2) is 0 Å². The van der Waals surface area contributed by atoms with Crippen molar-refractivity contribution in [1.29, 1.82) is 0 Å². The van der Waals surface area contributed by atoms with Crippen molar-refractivity contribution in [2.24, 2.45) is 0 Å². The Bertz CT molecular complexity index is 858. The number of aromatic nitrogens is 3. The molecule has 0 radical (unpaired) electrons. The highest BCUT2D eigenvalue weighted by Gasteiger charge is 2.23. The second-order valence-electron chi connectivity index (χ2n) is 5.59. The van der Waals surface area contributed by atoms with Crippen molar-refractivity contribution in [2.75, 3.05) is 13.2 Å². The van der Waals surface area contributed by atoms with Crippen LogP contribution in [-0.2, 0) is 11.3 Å². The molecule has 6 nitrogen and oxygen atoms in total. The van der Waals surface area contributed by atoms with E-state index in [-0.39, 0.29) is 18.4 Å². The average Bonchev–Trinajstić information content (AvgIpc) is 3.18. The first kappa shape index (κ1) is 13.8. The zero-order chi connectivity index (χ0) is 15.6. The number of ether oxygens (including phenoxy) is 1. The van der Waals surface area contributed by atoms with Gasteiger partial charge in [0.1, 0.15) is 17.8 Å². The minimum atomic E-state index is -0.0787. The molecule has 116 valence electrons. The fourth-order valence-electron chi connectivity index (χ4n) is 2.86. The molecule has 0 saturated heterocycles. The molecule has 3 aromatic rings. The van der Waals surface area contributed by atoms with Gasteiger partial charge in [0.05, 0.1) is 12.1 Å². The second-order valence-corrected chi connectivity index (χ2v) is 5.59. The molecule has 0 bridgehead atoms. The number of fused-ring (bicyclic) bond motifs is 2. The van der Waals surface area contributed by atoms with Crippen molar-refractivity contribution >= 4 is 16.9 Å². The fourth-order valence-corrected chi connectivity index (χ4v) is 2.86. The standard InChI is InChI=1S/C17H16N4O2/c22-17(10-21-15-7-3-2-6-14(15)19-20-21)18-9-12-11-23-16-8-4-1-5-13(12)16/h1-8,12H,9-11H2,(H,18,22)/t12-/m0/s1. The molecule has 6 heteroatoms. The van der Waals surface area contributed by atoms with Crippen molar-refractivity contribution in [1.82, 2.24) is 20.3 Å². The number of rotatable bonds is 4. The van der Waals surface area contributed by atoms with E-state index in [4.69, 9.17) is 4.74 Å². The third-order valence-corrected chi connectivity index (χ3v) is 4.06. The largest absolute Gasteiger partial charge is 0.493 e. The summed E-state index contributed by atoms with van der Waals surface area (Å²) in [6.45, 7) is 1.32. The molecule has 2 aromatic carbocycles. The van der Waals surface area contributed by atoms with Crippen LogP contribution in [0, 0.1) is 0 Å². The Hall–Kier alpha value is -2.89. The molecule has 2 heterocycles. The molecule has 1 aromatic heterocycles. The van der Waals surface area contributed by atoms with Gasteiger partial charge in [0.25, 0.3) is 0 Å². The number of benzene rings is 2. The third-order valence-electron chi connectivity index (χ3n) is 4.06. The van der Waals surface area contributed by atoms with Gasteiger partial charge >= 0.3 is 0 Å². The first-order valence-corrected chi connectivity index (χ1v) is 7.58. The summed E-state index contributed by atoms with van der Waals surface area (Å²) in [6, 6.07) is 15.5. The van der Waals surface area contributed by atoms with Crippen LogP contribution in [0.1, 0.15) is 11.5 Å². The minimum absolute atomic E-state index is 0.0787. The van der Waals surface area contributed by atoms with Gasteiger partial charge in [-0.3, -0.25) is 4.79 Å². The van der Waals surface area contributed by atoms with Crippen LogP contribution in [0.15, 0.2) is 48.5 Å². The number of para-hydroxylation sites is 2. The second kappa shape index (κ2) is 5.72. The average molecular weight is 308 g/mol. The molecular weight excluding hydrogens is 292 g/mol. The molecular formula is C17H16N4O2. The van der Waals surface area contributed by atoms with Crippen LogP contribution in [0.25, 0.3) is 11.0 Å². The first-order valence-electron chi connectivity index (χ1n) is 7.58. The zero-order valence-corrected chi connectivity index (χ0v) is 12.5. The number of nitrogens with one attached hydrogen (secondary N) is 1. The van der Waals surface area contributed by atoms with Gasteiger partial charge < -0.3 is 10.1 Å². The van der Waals surface area contributed by atoms with Crippen LogP contribution >= 0.6 is 0 Å². The number of carbonyl (C=O) groups excluding carboxylic acids is 1. The van der Waals surface area contributed by atoms with E-state index < -0.39 is 0 Å². The van der Waals surface area contributed by atoms with E-state index in [2.05, 4.69) is 15.6 Å². The Kier molecular flexibility index (Phi) is 3.42. The molecule has 1 aliphatic heterocycles. The van der Waals surface area contributed by atoms with Crippen molar-refractivity contribution in [3.63, 3.8) is 0 Å². The SMILES string of the molecule is O=C(Cn1nnc2ccccc21)NC[C@H]1COc2ccccc21. The molecule has 1 atom stereocenters. The predicted molar refractivity (Wildman–Crippen MR) is 85.2 cm³/mol. The van der Waals surface area contributed by atoms with Gasteiger partial charge in [-0.1, -0.05) is 35.5 Å².